The van der Waals surface area contributed by atoms with Gasteiger partial charge in [-0.05, 0) is 46.9 Å². The molecule has 0 amide bonds. The highest BCUT2D eigenvalue weighted by atomic mass is 127. The Morgan fingerprint density at radius 3 is 2.31 bits per heavy atom. The SMILES string of the molecule is O=C(Oc1ccc(I)cc1)C(F)F. The Morgan fingerprint density at radius 2 is 1.85 bits per heavy atom. The van der Waals surface area contributed by atoms with Gasteiger partial charge in [-0.1, -0.05) is 0 Å². The third-order valence-corrected chi connectivity index (χ3v) is 1.93. The molecule has 1 aromatic rings. The van der Waals surface area contributed by atoms with Crippen molar-refractivity contribution in [1.29, 1.82) is 0 Å². The van der Waals surface area contributed by atoms with Crippen LogP contribution in [-0.4, -0.2) is 12.4 Å². The smallest absolute Gasteiger partial charge is 0.379 e. The molecular formula is C8H5F2IO2. The van der Waals surface area contributed by atoms with Gasteiger partial charge in [0.2, 0.25) is 0 Å². The summed E-state index contributed by atoms with van der Waals surface area (Å²) >= 11 is 2.05. The lowest BCUT2D eigenvalue weighted by Gasteiger charge is -2.02. The fourth-order valence-corrected chi connectivity index (χ4v) is 1.02. The van der Waals surface area contributed by atoms with Crippen LogP contribution in [0, 0.1) is 3.57 Å². The van der Waals surface area contributed by atoms with Gasteiger partial charge in [-0.25, -0.2) is 4.79 Å². The lowest BCUT2D eigenvalue weighted by Crippen LogP contribution is -2.17. The maximum atomic E-state index is 11.7. The molecule has 5 heteroatoms. The molecule has 0 saturated heterocycles. The number of carbonyl (C=O) groups excluding carboxylic acids is 1. The number of carbonyl (C=O) groups is 1. The van der Waals surface area contributed by atoms with Crippen LogP contribution in [0.2, 0.25) is 0 Å². The molecule has 2 nitrogen and oxygen atoms in total. The van der Waals surface area contributed by atoms with Crippen molar-refractivity contribution in [2.45, 2.75) is 6.43 Å². The largest absolute Gasteiger partial charge is 0.422 e. The summed E-state index contributed by atoms with van der Waals surface area (Å²) in [6.07, 6.45) is -3.08. The van der Waals surface area contributed by atoms with Gasteiger partial charge in [-0.15, -0.1) is 0 Å². The van der Waals surface area contributed by atoms with Crippen LogP contribution in [0.3, 0.4) is 0 Å². The van der Waals surface area contributed by atoms with Crippen LogP contribution >= 0.6 is 22.6 Å². The summed E-state index contributed by atoms with van der Waals surface area (Å²) in [4.78, 5) is 10.4. The minimum absolute atomic E-state index is 0.130. The van der Waals surface area contributed by atoms with Gasteiger partial charge in [0, 0.05) is 3.57 Å². The van der Waals surface area contributed by atoms with Crippen molar-refractivity contribution in [2.24, 2.45) is 0 Å². The average molecular weight is 298 g/mol. The molecule has 1 rings (SSSR count). The zero-order valence-corrected chi connectivity index (χ0v) is 8.49. The van der Waals surface area contributed by atoms with Crippen molar-refractivity contribution in [3.63, 3.8) is 0 Å². The molecule has 0 radical (unpaired) electrons. The first-order chi connectivity index (χ1) is 6.09. The lowest BCUT2D eigenvalue weighted by atomic mass is 10.3. The Kier molecular flexibility index (Phi) is 3.58. The minimum atomic E-state index is -3.08. The van der Waals surface area contributed by atoms with E-state index in [1.807, 2.05) is 0 Å². The summed E-state index contributed by atoms with van der Waals surface area (Å²) in [5, 5.41) is 0. The summed E-state index contributed by atoms with van der Waals surface area (Å²) in [7, 11) is 0. The second-order valence-electron chi connectivity index (χ2n) is 2.18. The molecule has 0 aliphatic carbocycles. The van der Waals surface area contributed by atoms with Crippen LogP contribution in [0.1, 0.15) is 0 Å². The minimum Gasteiger partial charge on any atom is -0.422 e. The normalized spacial score (nSPS) is 10.2. The number of alkyl halides is 2. The Morgan fingerprint density at radius 1 is 1.31 bits per heavy atom. The fraction of sp³-hybridized carbons (Fsp3) is 0.125. The molecule has 70 valence electrons. The summed E-state index contributed by atoms with van der Waals surface area (Å²) < 4.78 is 28.7. The van der Waals surface area contributed by atoms with Gasteiger partial charge < -0.3 is 4.74 Å². The van der Waals surface area contributed by atoms with Crippen molar-refractivity contribution in [3.05, 3.63) is 27.8 Å². The molecule has 13 heavy (non-hydrogen) atoms. The summed E-state index contributed by atoms with van der Waals surface area (Å²) in [5.41, 5.74) is 0. The zero-order valence-electron chi connectivity index (χ0n) is 6.34. The van der Waals surface area contributed by atoms with Crippen LogP contribution in [0.25, 0.3) is 0 Å². The first-order valence-corrected chi connectivity index (χ1v) is 4.43. The Balaban J connectivity index is 2.65. The summed E-state index contributed by atoms with van der Waals surface area (Å²) in [5.74, 6) is -1.40. The van der Waals surface area contributed by atoms with Gasteiger partial charge in [-0.3, -0.25) is 0 Å². The van der Waals surface area contributed by atoms with Crippen molar-refractivity contribution in [2.75, 3.05) is 0 Å². The number of hydrogen-bond donors (Lipinski definition) is 0. The molecule has 0 atom stereocenters. The van der Waals surface area contributed by atoms with Gasteiger partial charge in [0.1, 0.15) is 5.75 Å². The Labute approximate surface area is 87.0 Å². The van der Waals surface area contributed by atoms with Crippen LogP contribution < -0.4 is 4.74 Å². The van der Waals surface area contributed by atoms with Crippen LogP contribution in [-0.2, 0) is 4.79 Å². The van der Waals surface area contributed by atoms with E-state index in [1.165, 1.54) is 12.1 Å². The third-order valence-electron chi connectivity index (χ3n) is 1.21. The molecule has 0 saturated carbocycles. The highest BCUT2D eigenvalue weighted by molar-refractivity contribution is 14.1. The molecule has 0 aliphatic heterocycles. The van der Waals surface area contributed by atoms with Crippen molar-refractivity contribution < 1.29 is 18.3 Å². The van der Waals surface area contributed by atoms with Crippen molar-refractivity contribution in [3.8, 4) is 5.75 Å². The second-order valence-corrected chi connectivity index (χ2v) is 3.42. The molecule has 0 unspecified atom stereocenters. The van der Waals surface area contributed by atoms with Crippen LogP contribution in [0.15, 0.2) is 24.3 Å². The predicted octanol–water partition coefficient (Wildman–Crippen LogP) is 2.46. The Hall–Kier alpha value is -0.720. The summed E-state index contributed by atoms with van der Waals surface area (Å²) in [6.45, 7) is 0. The molecule has 0 aliphatic rings. The molecular weight excluding hydrogens is 293 g/mol. The van der Waals surface area contributed by atoms with E-state index in [1.54, 1.807) is 12.1 Å². The van der Waals surface area contributed by atoms with E-state index in [0.717, 1.165) is 3.57 Å². The molecule has 0 fully saturated rings. The lowest BCUT2D eigenvalue weighted by molar-refractivity contribution is -0.146. The number of esters is 1. The molecule has 0 spiro atoms. The zero-order chi connectivity index (χ0) is 9.84. The van der Waals surface area contributed by atoms with Crippen LogP contribution in [0.4, 0.5) is 8.78 Å². The number of benzene rings is 1. The highest BCUT2D eigenvalue weighted by Crippen LogP contribution is 2.14. The molecule has 1 aromatic carbocycles. The third kappa shape index (κ3) is 3.25. The topological polar surface area (TPSA) is 26.3 Å². The molecule has 0 bridgehead atoms. The van der Waals surface area contributed by atoms with E-state index < -0.39 is 12.4 Å². The van der Waals surface area contributed by atoms with E-state index >= 15 is 0 Å². The van der Waals surface area contributed by atoms with E-state index in [-0.39, 0.29) is 5.75 Å². The van der Waals surface area contributed by atoms with E-state index in [4.69, 9.17) is 0 Å². The number of ether oxygens (including phenoxy) is 1. The van der Waals surface area contributed by atoms with Gasteiger partial charge in [0.15, 0.2) is 0 Å². The summed E-state index contributed by atoms with van der Waals surface area (Å²) in [6, 6.07) is 6.24. The van der Waals surface area contributed by atoms with Crippen molar-refractivity contribution in [1.82, 2.24) is 0 Å². The number of halogens is 3. The Bertz CT molecular complexity index is 298. The van der Waals surface area contributed by atoms with Gasteiger partial charge in [0.05, 0.1) is 0 Å². The van der Waals surface area contributed by atoms with Crippen LogP contribution in [0.5, 0.6) is 5.75 Å². The van der Waals surface area contributed by atoms with Crippen molar-refractivity contribution >= 4 is 28.6 Å². The van der Waals surface area contributed by atoms with Gasteiger partial charge in [-0.2, -0.15) is 8.78 Å². The highest BCUT2D eigenvalue weighted by Gasteiger charge is 2.17. The van der Waals surface area contributed by atoms with E-state index in [2.05, 4.69) is 27.3 Å². The number of rotatable bonds is 2. The van der Waals surface area contributed by atoms with Gasteiger partial charge >= 0.3 is 12.4 Å². The van der Waals surface area contributed by atoms with E-state index in [0.29, 0.717) is 0 Å². The number of hydrogen-bond acceptors (Lipinski definition) is 2. The quantitative estimate of drug-likeness (QED) is 0.476. The first kappa shape index (κ1) is 10.4. The molecule has 0 N–H and O–H groups in total. The molecule has 0 heterocycles. The van der Waals surface area contributed by atoms with E-state index in [9.17, 15) is 13.6 Å². The first-order valence-electron chi connectivity index (χ1n) is 3.35. The maximum absolute atomic E-state index is 11.7. The predicted molar refractivity (Wildman–Crippen MR) is 50.8 cm³/mol. The average Bonchev–Trinajstić information content (AvgIpc) is 2.08. The fourth-order valence-electron chi connectivity index (χ4n) is 0.663. The maximum Gasteiger partial charge on any atom is 0.379 e. The molecule has 0 aromatic heterocycles. The van der Waals surface area contributed by atoms with Gasteiger partial charge in [0.25, 0.3) is 0 Å². The monoisotopic (exact) mass is 298 g/mol. The second kappa shape index (κ2) is 4.50. The standard InChI is InChI=1S/C8H5F2IO2/c9-7(10)8(12)13-6-3-1-5(11)2-4-6/h1-4,7H.